The van der Waals surface area contributed by atoms with Crippen LogP contribution in [0.1, 0.15) is 5.56 Å². The zero-order chi connectivity index (χ0) is 10.1. The van der Waals surface area contributed by atoms with E-state index in [-0.39, 0.29) is 0 Å². The standard InChI is InChI=1S/C12H9N3/c1-2-4-9-6-7-10-8-13-15-14-12(10)11(9)5-3-1/h1-8H,(H,13,14). The molecule has 0 radical (unpaired) electrons. The molecule has 0 bridgehead atoms. The maximum absolute atomic E-state index is 3.83. The lowest BCUT2D eigenvalue weighted by atomic mass is 10.1. The predicted octanol–water partition coefficient (Wildman–Crippen LogP) is 1.58. The Morgan fingerprint density at radius 1 is 1.00 bits per heavy atom. The molecule has 1 aliphatic heterocycles. The van der Waals surface area contributed by atoms with E-state index < -0.39 is 0 Å². The molecule has 1 aromatic carbocycles. The molecule has 3 nitrogen and oxygen atoms in total. The van der Waals surface area contributed by atoms with Gasteiger partial charge in [-0.2, -0.15) is 0 Å². The highest BCUT2D eigenvalue weighted by Crippen LogP contribution is 2.12. The quantitative estimate of drug-likeness (QED) is 0.670. The molecule has 0 fully saturated rings. The first-order chi connectivity index (χ1) is 7.45. The van der Waals surface area contributed by atoms with E-state index in [4.69, 9.17) is 0 Å². The molecule has 1 heterocycles. The summed E-state index contributed by atoms with van der Waals surface area (Å²) in [7, 11) is 0. The Bertz CT molecular complexity index is 606. The summed E-state index contributed by atoms with van der Waals surface area (Å²) in [5.41, 5.74) is 5.13. The lowest BCUT2D eigenvalue weighted by molar-refractivity contribution is 1.12. The molecule has 2 aliphatic rings. The van der Waals surface area contributed by atoms with Gasteiger partial charge >= 0.3 is 0 Å². The number of benzene rings is 1. The van der Waals surface area contributed by atoms with Gasteiger partial charge in [0.1, 0.15) is 0 Å². The fourth-order valence-corrected chi connectivity index (χ4v) is 1.75. The van der Waals surface area contributed by atoms with Gasteiger partial charge in [-0.1, -0.05) is 47.7 Å². The lowest BCUT2D eigenvalue weighted by Gasteiger charge is -2.08. The van der Waals surface area contributed by atoms with Gasteiger partial charge < -0.3 is 0 Å². The number of hydrogen-bond donors (Lipinski definition) is 1. The van der Waals surface area contributed by atoms with Crippen LogP contribution >= 0.6 is 0 Å². The van der Waals surface area contributed by atoms with E-state index in [0.29, 0.717) is 0 Å². The van der Waals surface area contributed by atoms with Crippen LogP contribution in [0.4, 0.5) is 5.69 Å². The van der Waals surface area contributed by atoms with Gasteiger partial charge in [0.2, 0.25) is 0 Å². The zero-order valence-electron chi connectivity index (χ0n) is 8.01. The van der Waals surface area contributed by atoms with Gasteiger partial charge in [0.25, 0.3) is 0 Å². The Hall–Kier alpha value is -2.16. The maximum Gasteiger partial charge on any atom is 0.0745 e. The number of rotatable bonds is 0. The summed E-state index contributed by atoms with van der Waals surface area (Å²) in [5.74, 6) is 0. The topological polar surface area (TPSA) is 36.8 Å². The molecule has 0 saturated carbocycles. The van der Waals surface area contributed by atoms with Crippen molar-refractivity contribution >= 4 is 24.0 Å². The van der Waals surface area contributed by atoms with E-state index in [0.717, 1.165) is 16.5 Å². The minimum absolute atomic E-state index is 1.03. The van der Waals surface area contributed by atoms with Crippen LogP contribution in [0, 0.1) is 0 Å². The number of hydrogen-bond acceptors (Lipinski definition) is 3. The number of allylic oxidation sites excluding steroid dienone is 3. The number of anilines is 1. The van der Waals surface area contributed by atoms with E-state index in [1.54, 1.807) is 6.20 Å². The average molecular weight is 195 g/mol. The van der Waals surface area contributed by atoms with Crippen molar-refractivity contribution in [3.8, 4) is 0 Å². The molecule has 0 atom stereocenters. The first kappa shape index (κ1) is 8.17. The maximum atomic E-state index is 3.83. The van der Waals surface area contributed by atoms with Gasteiger partial charge in [-0.3, -0.25) is 5.43 Å². The van der Waals surface area contributed by atoms with Crippen LogP contribution in [0.5, 0.6) is 0 Å². The van der Waals surface area contributed by atoms with E-state index in [1.165, 1.54) is 5.22 Å². The lowest BCUT2D eigenvalue weighted by Crippen LogP contribution is -2.19. The summed E-state index contributed by atoms with van der Waals surface area (Å²) in [6, 6.07) is 4.13. The Morgan fingerprint density at radius 2 is 1.93 bits per heavy atom. The molecule has 3 heteroatoms. The van der Waals surface area contributed by atoms with Crippen molar-refractivity contribution < 1.29 is 0 Å². The van der Waals surface area contributed by atoms with Gasteiger partial charge in [0.15, 0.2) is 0 Å². The van der Waals surface area contributed by atoms with Gasteiger partial charge in [0.05, 0.1) is 11.9 Å². The summed E-state index contributed by atoms with van der Waals surface area (Å²) < 4.78 is 0. The monoisotopic (exact) mass is 195 g/mol. The van der Waals surface area contributed by atoms with Crippen LogP contribution in [0.2, 0.25) is 0 Å². The minimum Gasteiger partial charge on any atom is -0.259 e. The van der Waals surface area contributed by atoms with E-state index in [9.17, 15) is 0 Å². The molecule has 3 rings (SSSR count). The largest absolute Gasteiger partial charge is 0.259 e. The van der Waals surface area contributed by atoms with Crippen LogP contribution < -0.4 is 15.9 Å². The molecule has 0 amide bonds. The fourth-order valence-electron chi connectivity index (χ4n) is 1.75. The summed E-state index contributed by atoms with van der Waals surface area (Å²) in [6.45, 7) is 0. The number of fused-ring (bicyclic) bond motifs is 3. The van der Waals surface area contributed by atoms with Crippen molar-refractivity contribution in [3.05, 3.63) is 46.4 Å². The highest BCUT2D eigenvalue weighted by atomic mass is 15.4. The summed E-state index contributed by atoms with van der Waals surface area (Å²) in [6.07, 6.45) is 12.0. The minimum atomic E-state index is 1.03. The first-order valence-corrected chi connectivity index (χ1v) is 4.79. The third kappa shape index (κ3) is 1.29. The van der Waals surface area contributed by atoms with Crippen molar-refractivity contribution in [3.63, 3.8) is 0 Å². The molecule has 1 aliphatic carbocycles. The molecule has 0 saturated heterocycles. The van der Waals surface area contributed by atoms with Crippen LogP contribution in [-0.2, 0) is 0 Å². The van der Waals surface area contributed by atoms with Gasteiger partial charge in [-0.25, -0.2) is 0 Å². The number of nitrogens with one attached hydrogen (secondary N) is 1. The van der Waals surface area contributed by atoms with E-state index in [2.05, 4.69) is 34.0 Å². The van der Waals surface area contributed by atoms with Crippen LogP contribution in [-0.4, -0.2) is 0 Å². The van der Waals surface area contributed by atoms with Gasteiger partial charge in [-0.05, 0) is 5.22 Å². The molecular weight excluding hydrogens is 186 g/mol. The molecular formula is C12H9N3. The summed E-state index contributed by atoms with van der Waals surface area (Å²) >= 11 is 0. The molecule has 0 spiro atoms. The second-order valence-electron chi connectivity index (χ2n) is 3.40. The first-order valence-electron chi connectivity index (χ1n) is 4.79. The van der Waals surface area contributed by atoms with Crippen molar-refractivity contribution in [1.82, 2.24) is 0 Å². The normalized spacial score (nSPS) is 15.5. The molecule has 1 N–H and O–H groups in total. The second kappa shape index (κ2) is 3.20. The van der Waals surface area contributed by atoms with Crippen molar-refractivity contribution in [2.75, 3.05) is 5.43 Å². The Labute approximate surface area is 86.8 Å². The van der Waals surface area contributed by atoms with Crippen LogP contribution in [0.15, 0.2) is 40.7 Å². The fraction of sp³-hybridized carbons (Fsp3) is 0. The van der Waals surface area contributed by atoms with Crippen LogP contribution in [0.25, 0.3) is 18.4 Å². The van der Waals surface area contributed by atoms with Crippen molar-refractivity contribution in [2.24, 2.45) is 10.3 Å². The smallest absolute Gasteiger partial charge is 0.0745 e. The Morgan fingerprint density at radius 3 is 2.93 bits per heavy atom. The van der Waals surface area contributed by atoms with Crippen molar-refractivity contribution in [2.45, 2.75) is 0 Å². The highest BCUT2D eigenvalue weighted by molar-refractivity contribution is 5.72. The van der Waals surface area contributed by atoms with E-state index >= 15 is 0 Å². The second-order valence-corrected chi connectivity index (χ2v) is 3.40. The summed E-state index contributed by atoms with van der Waals surface area (Å²) in [4.78, 5) is 0. The molecule has 72 valence electrons. The highest BCUT2D eigenvalue weighted by Gasteiger charge is 2.05. The molecule has 1 aromatic rings. The van der Waals surface area contributed by atoms with Crippen molar-refractivity contribution in [1.29, 1.82) is 0 Å². The average Bonchev–Trinajstić information content (AvgIpc) is 2.54. The molecule has 0 unspecified atom stereocenters. The zero-order valence-corrected chi connectivity index (χ0v) is 8.01. The van der Waals surface area contributed by atoms with Gasteiger partial charge in [-0.15, -0.1) is 5.11 Å². The SMILES string of the molecule is C1=CC=c2ccc3c(c2C=C1)NN=NC=3. The molecule has 15 heavy (non-hydrogen) atoms. The summed E-state index contributed by atoms with van der Waals surface area (Å²) in [5, 5.41) is 9.90. The number of nitrogens with zero attached hydrogens (tertiary/aromatic N) is 2. The molecule has 0 aromatic heterocycles. The third-order valence-corrected chi connectivity index (χ3v) is 2.49. The third-order valence-electron chi connectivity index (χ3n) is 2.49. The van der Waals surface area contributed by atoms with E-state index in [1.807, 2.05) is 24.3 Å². The Kier molecular flexibility index (Phi) is 1.75. The Balaban J connectivity index is 2.41. The van der Waals surface area contributed by atoms with Gasteiger partial charge in [0, 0.05) is 10.8 Å². The predicted molar refractivity (Wildman–Crippen MR) is 61.3 cm³/mol. The van der Waals surface area contributed by atoms with Crippen LogP contribution in [0.3, 0.4) is 0 Å².